The molecule has 0 saturated heterocycles. The van der Waals surface area contributed by atoms with Crippen LogP contribution in [0.5, 0.6) is 0 Å². The molecule has 0 radical (unpaired) electrons. The molecule has 6 aromatic rings. The zero-order valence-electron chi connectivity index (χ0n) is 48.6. The molecule has 0 aliphatic heterocycles. The third-order valence-corrected chi connectivity index (χ3v) is 22.0. The largest absolute Gasteiger partial charge is 0.314 e. The van der Waals surface area contributed by atoms with E-state index in [1.165, 1.54) is 78.2 Å². The Bertz CT molecular complexity index is 4080. The standard InChI is InChI=1S/C78H69N.C2H6/c1-8-10-24-47(3)48(4)45-52(9-2)79(69-38-23-37-67-71(69)62-33-19-20-34-64(62)75(67,6)7)53-41-39-50(40-42-53)54-43-44-68(70-55-26-12-11-25-51(55)46-63(54)70)77-49(5)76-65-35-21-17-29-58(65)56-27-13-15-31-60(56)72(76)78(74(76)77)66-36-22-18-30-59(66)57-28-14-16-32-61(57)73(77)78;1-2/h8-12,14,16-17,19-21,23-39,41,43-45,49,72-74H,2,4,13,15,18,22,40,42,46H2,1,3,5-7H3;1-2H3/b10-8-,47-24+,52-45+;. The van der Waals surface area contributed by atoms with Crippen molar-refractivity contribution in [3.63, 3.8) is 0 Å². The van der Waals surface area contributed by atoms with Gasteiger partial charge in [0.25, 0.3) is 0 Å². The maximum atomic E-state index is 4.61. The summed E-state index contributed by atoms with van der Waals surface area (Å²) in [6.07, 6.45) is 33.5. The molecule has 0 aromatic heterocycles. The van der Waals surface area contributed by atoms with Crippen molar-refractivity contribution in [1.29, 1.82) is 0 Å². The van der Waals surface area contributed by atoms with Crippen LogP contribution in [-0.2, 0) is 22.7 Å². The van der Waals surface area contributed by atoms with Gasteiger partial charge >= 0.3 is 0 Å². The number of anilines is 1. The first-order valence-electron chi connectivity index (χ1n) is 30.7. The second kappa shape index (κ2) is 18.1. The SMILES string of the molecule is C=C/C(=C\C(=C)/C(C)=C/C=C\C)N(C1=CC=C(c2ccc(C34C5c6ccccc6C6=CCCC=C6C56C5C7=CCCC=C7c7ccccc7C5(C3C)C64)c3c2Cc2ccccc2-3)CC1)c1cccc2c1-c1ccccc1C2(C)C.CC. The summed E-state index contributed by atoms with van der Waals surface area (Å²) in [5, 5.41) is 0. The zero-order chi connectivity index (χ0) is 55.3. The van der Waals surface area contributed by atoms with Crippen LogP contribution in [0.2, 0.25) is 0 Å². The lowest BCUT2D eigenvalue weighted by Gasteiger charge is -2.98. The lowest BCUT2D eigenvalue weighted by Crippen LogP contribution is -2.98. The van der Waals surface area contributed by atoms with Crippen molar-refractivity contribution >= 4 is 22.4 Å². The van der Waals surface area contributed by atoms with Crippen LogP contribution in [0.3, 0.4) is 0 Å². The number of benzene rings is 6. The van der Waals surface area contributed by atoms with Gasteiger partial charge in [-0.25, -0.2) is 0 Å². The minimum Gasteiger partial charge on any atom is -0.314 e. The van der Waals surface area contributed by atoms with Gasteiger partial charge in [0, 0.05) is 50.5 Å². The molecular formula is C80H75N. The molecular weight excluding hydrogens is 975 g/mol. The van der Waals surface area contributed by atoms with Gasteiger partial charge in [-0.05, 0) is 206 Å². The van der Waals surface area contributed by atoms with Crippen LogP contribution in [0, 0.1) is 23.2 Å². The highest BCUT2D eigenvalue weighted by molar-refractivity contribution is 5.98. The van der Waals surface area contributed by atoms with Crippen LogP contribution in [0.25, 0.3) is 39.0 Å². The Balaban J connectivity index is 0.00000279. The monoisotopic (exact) mass is 1050 g/mol. The summed E-state index contributed by atoms with van der Waals surface area (Å²) in [6.45, 7) is 24.8. The van der Waals surface area contributed by atoms with E-state index in [4.69, 9.17) is 0 Å². The van der Waals surface area contributed by atoms with Crippen molar-refractivity contribution in [2.24, 2.45) is 23.2 Å². The van der Waals surface area contributed by atoms with Gasteiger partial charge in [-0.2, -0.15) is 0 Å². The number of rotatable bonds is 9. The molecule has 400 valence electrons. The Morgan fingerprint density at radius 2 is 1.30 bits per heavy atom. The fourth-order valence-electron chi connectivity index (χ4n) is 19.3. The van der Waals surface area contributed by atoms with Crippen molar-refractivity contribution < 1.29 is 0 Å². The van der Waals surface area contributed by atoms with E-state index < -0.39 is 0 Å². The Hall–Kier alpha value is -7.74. The van der Waals surface area contributed by atoms with Crippen LogP contribution < -0.4 is 4.90 Å². The number of allylic oxidation sites excluding steroid dienone is 19. The summed E-state index contributed by atoms with van der Waals surface area (Å²) in [4.78, 5) is 2.51. The molecule has 0 bridgehead atoms. The van der Waals surface area contributed by atoms with Crippen LogP contribution in [-0.4, -0.2) is 0 Å². The number of hydrogen-bond donors (Lipinski definition) is 0. The smallest absolute Gasteiger partial charge is 0.0540 e. The van der Waals surface area contributed by atoms with Gasteiger partial charge in [-0.1, -0.05) is 218 Å². The van der Waals surface area contributed by atoms with E-state index in [2.05, 4.69) is 241 Å². The maximum absolute atomic E-state index is 4.61. The Morgan fingerprint density at radius 1 is 0.617 bits per heavy atom. The fraction of sp³-hybridized carbons (Fsp3) is 0.275. The Labute approximate surface area is 482 Å². The molecule has 3 fully saturated rings. The van der Waals surface area contributed by atoms with E-state index in [9.17, 15) is 0 Å². The lowest BCUT2D eigenvalue weighted by molar-refractivity contribution is -0.385. The van der Waals surface area contributed by atoms with Crippen LogP contribution >= 0.6 is 0 Å². The first kappa shape index (κ1) is 50.2. The summed E-state index contributed by atoms with van der Waals surface area (Å²) in [6, 6.07) is 50.1. The summed E-state index contributed by atoms with van der Waals surface area (Å²) in [5.74, 6) is 1.79. The average molecular weight is 1050 g/mol. The van der Waals surface area contributed by atoms with E-state index in [-0.39, 0.29) is 21.7 Å². The van der Waals surface area contributed by atoms with Crippen molar-refractivity contribution in [1.82, 2.24) is 0 Å². The zero-order valence-corrected chi connectivity index (χ0v) is 48.6. The number of nitrogens with zero attached hydrogens (tertiary/aromatic N) is 1. The number of fused-ring (bicyclic) bond motifs is 15. The van der Waals surface area contributed by atoms with Gasteiger partial charge < -0.3 is 4.90 Å². The quantitative estimate of drug-likeness (QED) is 0.130. The molecule has 0 heterocycles. The molecule has 81 heavy (non-hydrogen) atoms. The average Bonchev–Trinajstić information content (AvgIpc) is 1.80. The molecule has 0 N–H and O–H groups in total. The number of hydrogen-bond acceptors (Lipinski definition) is 1. The summed E-state index contributed by atoms with van der Waals surface area (Å²) >= 11 is 0. The molecule has 7 unspecified atom stereocenters. The van der Waals surface area contributed by atoms with E-state index in [1.54, 1.807) is 39.0 Å². The highest BCUT2D eigenvalue weighted by atomic mass is 15.2. The molecule has 10 aliphatic carbocycles. The molecule has 1 heteroatoms. The molecule has 16 rings (SSSR count). The van der Waals surface area contributed by atoms with Crippen LogP contribution in [0.1, 0.15) is 149 Å². The van der Waals surface area contributed by atoms with E-state index in [0.29, 0.717) is 23.7 Å². The second-order valence-electron chi connectivity index (χ2n) is 25.2. The summed E-state index contributed by atoms with van der Waals surface area (Å²) < 4.78 is 0. The lowest BCUT2D eigenvalue weighted by atomic mass is 9.03. The normalized spacial score (nSPS) is 27.5. The summed E-state index contributed by atoms with van der Waals surface area (Å²) in [5.41, 5.74) is 34.1. The Kier molecular flexibility index (Phi) is 11.2. The molecule has 1 nitrogen and oxygen atoms in total. The van der Waals surface area contributed by atoms with E-state index in [1.807, 2.05) is 19.9 Å². The third-order valence-electron chi connectivity index (χ3n) is 22.0. The molecule has 2 spiro atoms. The van der Waals surface area contributed by atoms with Gasteiger partial charge in [0.1, 0.15) is 0 Å². The summed E-state index contributed by atoms with van der Waals surface area (Å²) in [7, 11) is 0. The van der Waals surface area contributed by atoms with Gasteiger partial charge in [-0.3, -0.25) is 0 Å². The topological polar surface area (TPSA) is 3.24 Å². The third kappa shape index (κ3) is 6.13. The van der Waals surface area contributed by atoms with Crippen LogP contribution in [0.4, 0.5) is 5.69 Å². The predicted molar refractivity (Wildman–Crippen MR) is 342 cm³/mol. The van der Waals surface area contributed by atoms with Crippen molar-refractivity contribution in [3.05, 3.63) is 297 Å². The molecule has 0 amide bonds. The van der Waals surface area contributed by atoms with Crippen molar-refractivity contribution in [2.75, 3.05) is 4.90 Å². The van der Waals surface area contributed by atoms with Crippen LogP contribution in [0.15, 0.2) is 241 Å². The fourth-order valence-corrected chi connectivity index (χ4v) is 19.3. The highest BCUT2D eigenvalue weighted by Gasteiger charge is 3.00. The van der Waals surface area contributed by atoms with Crippen molar-refractivity contribution in [3.8, 4) is 22.3 Å². The molecule has 7 atom stereocenters. The highest BCUT2D eigenvalue weighted by Crippen LogP contribution is 3.02. The van der Waals surface area contributed by atoms with Gasteiger partial charge in [0.15, 0.2) is 0 Å². The molecule has 3 saturated carbocycles. The second-order valence-corrected chi connectivity index (χ2v) is 25.2. The Morgan fingerprint density at radius 3 is 2.07 bits per heavy atom. The maximum Gasteiger partial charge on any atom is 0.0540 e. The first-order valence-corrected chi connectivity index (χ1v) is 30.7. The minimum absolute atomic E-state index is 0.0323. The minimum atomic E-state index is -0.125. The van der Waals surface area contributed by atoms with Gasteiger partial charge in [-0.15, -0.1) is 0 Å². The van der Waals surface area contributed by atoms with E-state index in [0.717, 1.165) is 61.8 Å². The molecule has 6 aromatic carbocycles. The van der Waals surface area contributed by atoms with E-state index >= 15 is 0 Å². The van der Waals surface area contributed by atoms with Gasteiger partial charge in [0.05, 0.1) is 5.69 Å². The van der Waals surface area contributed by atoms with Crippen molar-refractivity contribution in [2.45, 2.75) is 116 Å². The predicted octanol–water partition coefficient (Wildman–Crippen LogP) is 20.4. The first-order chi connectivity index (χ1) is 39.6. The molecule has 10 aliphatic rings. The van der Waals surface area contributed by atoms with Gasteiger partial charge in [0.2, 0.25) is 0 Å².